The summed E-state index contributed by atoms with van der Waals surface area (Å²) in [5, 5.41) is 9.49. The van der Waals surface area contributed by atoms with Gasteiger partial charge in [-0.25, -0.2) is 4.98 Å². The van der Waals surface area contributed by atoms with Crippen molar-refractivity contribution in [3.8, 4) is 6.07 Å². The number of carbonyl (C=O) groups is 1. The lowest BCUT2D eigenvalue weighted by Gasteiger charge is -2.41. The third-order valence-electron chi connectivity index (χ3n) is 5.65. The monoisotopic (exact) mass is 340 g/mol. The Morgan fingerprint density at radius 2 is 1.96 bits per heavy atom. The topological polar surface area (TPSA) is 60.2 Å². The highest BCUT2D eigenvalue weighted by Gasteiger charge is 2.49. The lowest BCUT2D eigenvalue weighted by atomic mass is 9.78. The zero-order chi connectivity index (χ0) is 18.2. The molecule has 1 aromatic rings. The number of anilines is 1. The minimum atomic E-state index is -0.301. The van der Waals surface area contributed by atoms with Crippen LogP contribution in [0.1, 0.15) is 64.1 Å². The van der Waals surface area contributed by atoms with Crippen LogP contribution in [0.15, 0.2) is 12.1 Å². The average molecular weight is 340 g/mol. The van der Waals surface area contributed by atoms with E-state index in [2.05, 4.69) is 38.7 Å². The average Bonchev–Trinajstić information content (AvgIpc) is 3.01. The van der Waals surface area contributed by atoms with E-state index in [1.54, 1.807) is 0 Å². The van der Waals surface area contributed by atoms with Gasteiger partial charge in [0.15, 0.2) is 0 Å². The number of hydrogen-bond donors (Lipinski definition) is 0. The van der Waals surface area contributed by atoms with Crippen molar-refractivity contribution in [3.63, 3.8) is 0 Å². The smallest absolute Gasteiger partial charge is 0.230 e. The van der Waals surface area contributed by atoms with Gasteiger partial charge in [0, 0.05) is 31.4 Å². The summed E-state index contributed by atoms with van der Waals surface area (Å²) in [5.41, 5.74) is 1.30. The molecule has 5 nitrogen and oxygen atoms in total. The summed E-state index contributed by atoms with van der Waals surface area (Å²) in [7, 11) is 0. The number of carbonyl (C=O) groups excluding carboxylic acids is 1. The minimum Gasteiger partial charge on any atom is -0.354 e. The van der Waals surface area contributed by atoms with E-state index in [9.17, 15) is 10.1 Å². The molecule has 2 aliphatic heterocycles. The standard InChI is InChI=1S/C20H28N4O/c1-14(2)17-7-6-16(12-21)18(22-17)23-11-9-20(13-23)8-5-10-24(15(3)4)19(20)25/h6-7,14-15H,5,8-11,13H2,1-4H3/t20-/m1/s1. The number of nitriles is 1. The molecule has 0 aliphatic carbocycles. The highest BCUT2D eigenvalue weighted by atomic mass is 16.2. The van der Waals surface area contributed by atoms with Crippen molar-refractivity contribution >= 4 is 11.7 Å². The maximum absolute atomic E-state index is 13.1. The molecule has 2 fully saturated rings. The molecule has 3 rings (SSSR count). The summed E-state index contributed by atoms with van der Waals surface area (Å²) in [6, 6.07) is 6.32. The summed E-state index contributed by atoms with van der Waals surface area (Å²) < 4.78 is 0. The Balaban J connectivity index is 1.89. The van der Waals surface area contributed by atoms with Crippen LogP contribution < -0.4 is 4.90 Å². The molecule has 1 amide bonds. The van der Waals surface area contributed by atoms with E-state index < -0.39 is 0 Å². The molecule has 0 saturated carbocycles. The van der Waals surface area contributed by atoms with Gasteiger partial charge in [-0.1, -0.05) is 13.8 Å². The van der Waals surface area contributed by atoms with E-state index in [0.29, 0.717) is 18.0 Å². The Kier molecular flexibility index (Phi) is 4.73. The predicted octanol–water partition coefficient (Wildman–Crippen LogP) is 3.30. The Morgan fingerprint density at radius 1 is 1.20 bits per heavy atom. The fraction of sp³-hybridized carbons (Fsp3) is 0.650. The molecule has 0 bridgehead atoms. The molecular formula is C20H28N4O. The van der Waals surface area contributed by atoms with E-state index in [0.717, 1.165) is 43.9 Å². The van der Waals surface area contributed by atoms with Crippen LogP contribution >= 0.6 is 0 Å². The highest BCUT2D eigenvalue weighted by molar-refractivity contribution is 5.85. The van der Waals surface area contributed by atoms with Gasteiger partial charge in [0.05, 0.1) is 11.0 Å². The van der Waals surface area contributed by atoms with Crippen LogP contribution in [0.25, 0.3) is 0 Å². The van der Waals surface area contributed by atoms with Gasteiger partial charge >= 0.3 is 0 Å². The molecule has 1 spiro atoms. The third kappa shape index (κ3) is 3.10. The first-order valence-electron chi connectivity index (χ1n) is 9.35. The number of nitrogens with zero attached hydrogens (tertiary/aromatic N) is 4. The molecule has 0 unspecified atom stereocenters. The molecule has 25 heavy (non-hydrogen) atoms. The van der Waals surface area contributed by atoms with Crippen molar-refractivity contribution in [2.75, 3.05) is 24.5 Å². The van der Waals surface area contributed by atoms with Gasteiger partial charge in [-0.2, -0.15) is 5.26 Å². The first-order valence-corrected chi connectivity index (χ1v) is 9.35. The van der Waals surface area contributed by atoms with Crippen molar-refractivity contribution in [1.82, 2.24) is 9.88 Å². The number of pyridine rings is 1. The maximum Gasteiger partial charge on any atom is 0.230 e. The molecule has 5 heteroatoms. The molecule has 1 atom stereocenters. The fourth-order valence-corrected chi connectivity index (χ4v) is 4.14. The zero-order valence-corrected chi connectivity index (χ0v) is 15.7. The maximum atomic E-state index is 13.1. The lowest BCUT2D eigenvalue weighted by Crippen LogP contribution is -2.52. The summed E-state index contributed by atoms with van der Waals surface area (Å²) in [4.78, 5) is 22.1. The number of hydrogen-bond acceptors (Lipinski definition) is 4. The Morgan fingerprint density at radius 3 is 2.60 bits per heavy atom. The van der Waals surface area contributed by atoms with E-state index in [-0.39, 0.29) is 17.4 Å². The fourth-order valence-electron chi connectivity index (χ4n) is 4.14. The van der Waals surface area contributed by atoms with Crippen LogP contribution in [0.4, 0.5) is 5.82 Å². The summed E-state index contributed by atoms with van der Waals surface area (Å²) >= 11 is 0. The first-order chi connectivity index (χ1) is 11.9. The highest BCUT2D eigenvalue weighted by Crippen LogP contribution is 2.42. The van der Waals surface area contributed by atoms with Crippen LogP contribution in [0, 0.1) is 16.7 Å². The normalized spacial score (nSPS) is 23.8. The van der Waals surface area contributed by atoms with Crippen molar-refractivity contribution in [1.29, 1.82) is 5.26 Å². The molecule has 0 radical (unpaired) electrons. The zero-order valence-electron chi connectivity index (χ0n) is 15.7. The Labute approximate surface area is 150 Å². The van der Waals surface area contributed by atoms with Gasteiger partial charge in [-0.15, -0.1) is 0 Å². The number of piperidine rings is 1. The van der Waals surface area contributed by atoms with E-state index in [4.69, 9.17) is 4.98 Å². The van der Waals surface area contributed by atoms with Crippen LogP contribution in [0.5, 0.6) is 0 Å². The van der Waals surface area contributed by atoms with E-state index in [1.807, 2.05) is 17.0 Å². The second kappa shape index (κ2) is 6.67. The summed E-state index contributed by atoms with van der Waals surface area (Å²) in [6.07, 6.45) is 2.85. The van der Waals surface area contributed by atoms with Gasteiger partial charge in [-0.05, 0) is 51.2 Å². The lowest BCUT2D eigenvalue weighted by molar-refractivity contribution is -0.147. The second-order valence-electron chi connectivity index (χ2n) is 8.02. The number of rotatable bonds is 3. The van der Waals surface area contributed by atoms with Crippen molar-refractivity contribution in [3.05, 3.63) is 23.4 Å². The molecule has 1 aromatic heterocycles. The predicted molar refractivity (Wildman–Crippen MR) is 98.4 cm³/mol. The molecule has 0 aromatic carbocycles. The number of likely N-dealkylation sites (tertiary alicyclic amines) is 1. The van der Waals surface area contributed by atoms with Crippen molar-refractivity contribution < 1.29 is 4.79 Å². The van der Waals surface area contributed by atoms with Crippen LogP contribution in [0.3, 0.4) is 0 Å². The number of amides is 1. The number of aromatic nitrogens is 1. The molecular weight excluding hydrogens is 312 g/mol. The Hall–Kier alpha value is -2.09. The van der Waals surface area contributed by atoms with E-state index in [1.165, 1.54) is 0 Å². The van der Waals surface area contributed by atoms with Gasteiger partial charge in [0.2, 0.25) is 5.91 Å². The largest absolute Gasteiger partial charge is 0.354 e. The summed E-state index contributed by atoms with van der Waals surface area (Å²) in [6.45, 7) is 10.7. The second-order valence-corrected chi connectivity index (χ2v) is 8.02. The van der Waals surface area contributed by atoms with Crippen molar-refractivity contribution in [2.45, 2.75) is 58.9 Å². The third-order valence-corrected chi connectivity index (χ3v) is 5.65. The van der Waals surface area contributed by atoms with Crippen LogP contribution in [0.2, 0.25) is 0 Å². The first kappa shape index (κ1) is 17.7. The molecule has 3 heterocycles. The van der Waals surface area contributed by atoms with E-state index >= 15 is 0 Å². The van der Waals surface area contributed by atoms with Crippen LogP contribution in [-0.2, 0) is 4.79 Å². The molecule has 2 aliphatic rings. The van der Waals surface area contributed by atoms with Gasteiger partial charge in [-0.3, -0.25) is 4.79 Å². The van der Waals surface area contributed by atoms with Crippen molar-refractivity contribution in [2.24, 2.45) is 5.41 Å². The quantitative estimate of drug-likeness (QED) is 0.847. The molecule has 2 saturated heterocycles. The van der Waals surface area contributed by atoms with Gasteiger partial charge in [0.1, 0.15) is 11.9 Å². The van der Waals surface area contributed by atoms with Gasteiger partial charge < -0.3 is 9.80 Å². The Bertz CT molecular complexity index is 706. The molecule has 134 valence electrons. The van der Waals surface area contributed by atoms with Gasteiger partial charge in [0.25, 0.3) is 0 Å². The van der Waals surface area contributed by atoms with Crippen LogP contribution in [-0.4, -0.2) is 41.5 Å². The summed E-state index contributed by atoms with van der Waals surface area (Å²) in [5.74, 6) is 1.35. The SMILES string of the molecule is CC(C)c1ccc(C#N)c(N2CC[C@]3(CCCN(C(C)C)C3=O)C2)n1. The minimum absolute atomic E-state index is 0.246. The molecule has 0 N–H and O–H groups in total.